The Kier molecular flexibility index (Phi) is 4.47. The number of sulfonamides is 1. The van der Waals surface area contributed by atoms with Crippen molar-refractivity contribution in [1.82, 2.24) is 9.62 Å². The van der Waals surface area contributed by atoms with Crippen LogP contribution in [-0.2, 0) is 14.8 Å². The lowest BCUT2D eigenvalue weighted by molar-refractivity contribution is -0.127. The first kappa shape index (κ1) is 14.7. The van der Waals surface area contributed by atoms with Gasteiger partial charge in [0.15, 0.2) is 0 Å². The maximum absolute atomic E-state index is 12.1. The van der Waals surface area contributed by atoms with Gasteiger partial charge in [0.1, 0.15) is 0 Å². The summed E-state index contributed by atoms with van der Waals surface area (Å²) < 4.78 is 24.6. The maximum Gasteiger partial charge on any atom is 0.240 e. The van der Waals surface area contributed by atoms with Crippen LogP contribution in [0, 0.1) is 0 Å². The van der Waals surface area contributed by atoms with Crippen molar-refractivity contribution in [3.05, 3.63) is 0 Å². The van der Waals surface area contributed by atoms with Gasteiger partial charge in [-0.05, 0) is 19.3 Å². The molecule has 2 aliphatic rings. The molecule has 0 spiro atoms. The van der Waals surface area contributed by atoms with Crippen LogP contribution < -0.4 is 11.1 Å². The number of carbonyl (C=O) groups excluding carboxylic acids is 1. The molecular formula is C12H23N3O3S. The number of nitrogens with two attached hydrogens (primary N) is 1. The van der Waals surface area contributed by atoms with Gasteiger partial charge in [0.2, 0.25) is 15.9 Å². The normalized spacial score (nSPS) is 26.2. The van der Waals surface area contributed by atoms with Crippen LogP contribution in [0.25, 0.3) is 0 Å². The van der Waals surface area contributed by atoms with Crippen LogP contribution in [0.1, 0.15) is 38.5 Å². The van der Waals surface area contributed by atoms with Gasteiger partial charge in [0.05, 0.1) is 11.3 Å². The highest BCUT2D eigenvalue weighted by atomic mass is 32.2. The molecular weight excluding hydrogens is 266 g/mol. The molecule has 7 heteroatoms. The summed E-state index contributed by atoms with van der Waals surface area (Å²) >= 11 is 0. The summed E-state index contributed by atoms with van der Waals surface area (Å²) in [6.07, 6.45) is 5.24. The summed E-state index contributed by atoms with van der Waals surface area (Å²) in [4.78, 5) is 12.1. The van der Waals surface area contributed by atoms with Gasteiger partial charge in [-0.1, -0.05) is 19.3 Å². The van der Waals surface area contributed by atoms with Gasteiger partial charge in [-0.25, -0.2) is 12.7 Å². The zero-order valence-corrected chi connectivity index (χ0v) is 12.0. The highest BCUT2D eigenvalue weighted by Crippen LogP contribution is 2.25. The summed E-state index contributed by atoms with van der Waals surface area (Å²) in [6.45, 7) is 1.26. The van der Waals surface area contributed by atoms with Crippen LogP contribution in [0.15, 0.2) is 0 Å². The van der Waals surface area contributed by atoms with E-state index in [1.165, 1.54) is 4.31 Å². The van der Waals surface area contributed by atoms with Crippen molar-refractivity contribution < 1.29 is 13.2 Å². The quantitative estimate of drug-likeness (QED) is 0.749. The monoisotopic (exact) mass is 289 g/mol. The second-order valence-electron chi connectivity index (χ2n) is 5.54. The van der Waals surface area contributed by atoms with Crippen LogP contribution >= 0.6 is 0 Å². The minimum atomic E-state index is -3.07. The molecule has 0 radical (unpaired) electrons. The molecule has 19 heavy (non-hydrogen) atoms. The number of amides is 1. The lowest BCUT2D eigenvalue weighted by Crippen LogP contribution is -2.55. The molecule has 0 unspecified atom stereocenters. The second-order valence-corrected chi connectivity index (χ2v) is 7.63. The smallest absolute Gasteiger partial charge is 0.240 e. The van der Waals surface area contributed by atoms with Crippen molar-refractivity contribution in [1.29, 1.82) is 0 Å². The lowest BCUT2D eigenvalue weighted by Gasteiger charge is -2.32. The standard InChI is InChI=1S/C12H23N3O3S/c13-12(5-2-1-3-6-12)11(16)14-7-9-15-8-4-10-19(15,17)18/h1-10,13H2,(H,14,16). The van der Waals surface area contributed by atoms with E-state index in [2.05, 4.69) is 5.32 Å². The van der Waals surface area contributed by atoms with E-state index in [1.54, 1.807) is 0 Å². The van der Waals surface area contributed by atoms with Crippen molar-refractivity contribution in [2.24, 2.45) is 5.73 Å². The van der Waals surface area contributed by atoms with E-state index in [-0.39, 0.29) is 11.7 Å². The van der Waals surface area contributed by atoms with E-state index in [4.69, 9.17) is 5.73 Å². The van der Waals surface area contributed by atoms with Crippen molar-refractivity contribution in [2.45, 2.75) is 44.1 Å². The maximum atomic E-state index is 12.1. The van der Waals surface area contributed by atoms with E-state index in [9.17, 15) is 13.2 Å². The van der Waals surface area contributed by atoms with Gasteiger partial charge >= 0.3 is 0 Å². The van der Waals surface area contributed by atoms with Crippen molar-refractivity contribution >= 4 is 15.9 Å². The molecule has 0 bridgehead atoms. The highest BCUT2D eigenvalue weighted by molar-refractivity contribution is 7.89. The number of nitrogens with one attached hydrogen (secondary N) is 1. The van der Waals surface area contributed by atoms with Gasteiger partial charge in [-0.3, -0.25) is 4.79 Å². The fourth-order valence-electron chi connectivity index (χ4n) is 2.82. The van der Waals surface area contributed by atoms with Crippen LogP contribution in [0.4, 0.5) is 0 Å². The molecule has 1 aliphatic heterocycles. The Morgan fingerprint density at radius 3 is 2.47 bits per heavy atom. The third kappa shape index (κ3) is 3.46. The Hall–Kier alpha value is -0.660. The lowest BCUT2D eigenvalue weighted by atomic mass is 9.82. The molecule has 0 aromatic rings. The molecule has 0 aromatic carbocycles. The third-order valence-electron chi connectivity index (χ3n) is 4.05. The number of hydrogen-bond acceptors (Lipinski definition) is 4. The molecule has 3 N–H and O–H groups in total. The van der Waals surface area contributed by atoms with Gasteiger partial charge in [0, 0.05) is 19.6 Å². The fourth-order valence-corrected chi connectivity index (χ4v) is 4.35. The average Bonchev–Trinajstić information content (AvgIpc) is 2.69. The molecule has 1 amide bonds. The zero-order valence-electron chi connectivity index (χ0n) is 11.2. The number of carbonyl (C=O) groups is 1. The molecule has 6 nitrogen and oxygen atoms in total. The Morgan fingerprint density at radius 2 is 1.89 bits per heavy atom. The zero-order chi connectivity index (χ0) is 13.9. The van der Waals surface area contributed by atoms with Gasteiger partial charge in [0.25, 0.3) is 0 Å². The van der Waals surface area contributed by atoms with Crippen molar-refractivity contribution in [2.75, 3.05) is 25.4 Å². The van der Waals surface area contributed by atoms with Gasteiger partial charge in [-0.15, -0.1) is 0 Å². The van der Waals surface area contributed by atoms with Crippen LogP contribution in [0.2, 0.25) is 0 Å². The highest BCUT2D eigenvalue weighted by Gasteiger charge is 2.35. The first-order valence-electron chi connectivity index (χ1n) is 6.99. The number of nitrogens with zero attached hydrogens (tertiary/aromatic N) is 1. The fraction of sp³-hybridized carbons (Fsp3) is 0.917. The van der Waals surface area contributed by atoms with Crippen LogP contribution in [0.5, 0.6) is 0 Å². The first-order valence-corrected chi connectivity index (χ1v) is 8.60. The molecule has 2 rings (SSSR count). The van der Waals surface area contributed by atoms with E-state index < -0.39 is 15.6 Å². The summed E-state index contributed by atoms with van der Waals surface area (Å²) in [5, 5.41) is 2.79. The minimum absolute atomic E-state index is 0.135. The first-order chi connectivity index (χ1) is 8.94. The third-order valence-corrected chi connectivity index (χ3v) is 6.00. The van der Waals surface area contributed by atoms with Gasteiger partial charge < -0.3 is 11.1 Å². The van der Waals surface area contributed by atoms with Crippen molar-refractivity contribution in [3.63, 3.8) is 0 Å². The van der Waals surface area contributed by atoms with Crippen LogP contribution in [0.3, 0.4) is 0 Å². The summed E-state index contributed by atoms with van der Waals surface area (Å²) in [5.41, 5.74) is 5.36. The van der Waals surface area contributed by atoms with E-state index >= 15 is 0 Å². The molecule has 1 aliphatic carbocycles. The average molecular weight is 289 g/mol. The summed E-state index contributed by atoms with van der Waals surface area (Å²) in [7, 11) is -3.07. The predicted molar refractivity (Wildman–Crippen MR) is 73.0 cm³/mol. The topological polar surface area (TPSA) is 92.5 Å². The minimum Gasteiger partial charge on any atom is -0.353 e. The van der Waals surface area contributed by atoms with Gasteiger partial charge in [-0.2, -0.15) is 0 Å². The Morgan fingerprint density at radius 1 is 1.21 bits per heavy atom. The molecule has 0 aromatic heterocycles. The number of hydrogen-bond donors (Lipinski definition) is 2. The molecule has 0 atom stereocenters. The summed E-state index contributed by atoms with van der Waals surface area (Å²) in [5.74, 6) is 0.0886. The Balaban J connectivity index is 1.78. The SMILES string of the molecule is NC1(C(=O)NCCN2CCCS2(=O)=O)CCCCC1. The molecule has 2 fully saturated rings. The predicted octanol–water partition coefficient (Wildman–Crippen LogP) is -0.200. The largest absolute Gasteiger partial charge is 0.353 e. The Bertz CT molecular complexity index is 430. The van der Waals surface area contributed by atoms with Crippen LogP contribution in [-0.4, -0.2) is 49.6 Å². The number of rotatable bonds is 4. The molecule has 1 saturated heterocycles. The summed E-state index contributed by atoms with van der Waals surface area (Å²) in [6, 6.07) is 0. The van der Waals surface area contributed by atoms with E-state index in [0.717, 1.165) is 32.1 Å². The van der Waals surface area contributed by atoms with E-state index in [0.29, 0.717) is 26.1 Å². The Labute approximate surface area is 114 Å². The van der Waals surface area contributed by atoms with E-state index in [1.807, 2.05) is 0 Å². The molecule has 1 saturated carbocycles. The molecule has 1 heterocycles. The molecule has 110 valence electrons. The van der Waals surface area contributed by atoms with Crippen molar-refractivity contribution in [3.8, 4) is 0 Å². The second kappa shape index (κ2) is 5.76.